The summed E-state index contributed by atoms with van der Waals surface area (Å²) in [6, 6.07) is -0.532. The largest absolute Gasteiger partial charge is 0.395 e. The number of thiazole rings is 1. The van der Waals surface area contributed by atoms with Crippen LogP contribution in [0.15, 0.2) is 4.21 Å². The standard InChI is InChI=1S/C7H11ClN2O3S2/c1-4(3-11)10-15(12,13)6-5(2)9-7(8)14-6/h4,10-11H,3H2,1-2H3/t4-/m1/s1. The van der Waals surface area contributed by atoms with E-state index in [1.54, 1.807) is 13.8 Å². The van der Waals surface area contributed by atoms with Crippen LogP contribution in [0.4, 0.5) is 0 Å². The molecule has 1 aromatic rings. The molecule has 2 N–H and O–H groups in total. The molecule has 5 nitrogen and oxygen atoms in total. The van der Waals surface area contributed by atoms with E-state index in [-0.39, 0.29) is 15.3 Å². The number of rotatable bonds is 4. The highest BCUT2D eigenvalue weighted by molar-refractivity contribution is 7.91. The second-order valence-corrected chi connectivity index (χ2v) is 6.54. The topological polar surface area (TPSA) is 79.3 Å². The normalized spacial score (nSPS) is 14.1. The zero-order valence-electron chi connectivity index (χ0n) is 8.19. The van der Waals surface area contributed by atoms with Gasteiger partial charge in [0.25, 0.3) is 10.0 Å². The highest BCUT2D eigenvalue weighted by atomic mass is 35.5. The Kier molecular flexibility index (Phi) is 4.07. The average Bonchev–Trinajstić information content (AvgIpc) is 2.45. The zero-order chi connectivity index (χ0) is 11.6. The summed E-state index contributed by atoms with van der Waals surface area (Å²) >= 11 is 6.50. The van der Waals surface area contributed by atoms with E-state index in [4.69, 9.17) is 16.7 Å². The van der Waals surface area contributed by atoms with E-state index in [1.165, 1.54) is 0 Å². The molecule has 0 aromatic carbocycles. The monoisotopic (exact) mass is 270 g/mol. The third kappa shape index (κ3) is 3.12. The number of aromatic nitrogens is 1. The molecule has 0 saturated heterocycles. The molecule has 0 unspecified atom stereocenters. The SMILES string of the molecule is Cc1nc(Cl)sc1S(=O)(=O)N[C@H](C)CO. The summed E-state index contributed by atoms with van der Waals surface area (Å²) in [5.41, 5.74) is 0.364. The molecule has 0 spiro atoms. The van der Waals surface area contributed by atoms with Crippen LogP contribution in [-0.2, 0) is 10.0 Å². The van der Waals surface area contributed by atoms with Crippen LogP contribution in [0.1, 0.15) is 12.6 Å². The summed E-state index contributed by atoms with van der Waals surface area (Å²) in [5.74, 6) is 0. The minimum atomic E-state index is -3.62. The maximum Gasteiger partial charge on any atom is 0.252 e. The third-order valence-corrected chi connectivity index (χ3v) is 5.06. The number of nitrogens with one attached hydrogen (secondary N) is 1. The van der Waals surface area contributed by atoms with Crippen molar-refractivity contribution in [3.63, 3.8) is 0 Å². The van der Waals surface area contributed by atoms with E-state index in [1.807, 2.05) is 0 Å². The van der Waals surface area contributed by atoms with Crippen molar-refractivity contribution in [1.82, 2.24) is 9.71 Å². The van der Waals surface area contributed by atoms with Gasteiger partial charge in [0.2, 0.25) is 0 Å². The molecule has 1 rings (SSSR count). The van der Waals surface area contributed by atoms with Crippen LogP contribution in [0.5, 0.6) is 0 Å². The zero-order valence-corrected chi connectivity index (χ0v) is 10.6. The first kappa shape index (κ1) is 12.9. The molecule has 0 aliphatic carbocycles. The number of sulfonamides is 1. The van der Waals surface area contributed by atoms with E-state index in [0.717, 1.165) is 11.3 Å². The van der Waals surface area contributed by atoms with Gasteiger partial charge in [0.15, 0.2) is 8.68 Å². The predicted octanol–water partition coefficient (Wildman–Crippen LogP) is 0.764. The Morgan fingerprint density at radius 3 is 2.67 bits per heavy atom. The fourth-order valence-corrected chi connectivity index (χ4v) is 3.95. The minimum absolute atomic E-state index is 0.0906. The van der Waals surface area contributed by atoms with Crippen molar-refractivity contribution < 1.29 is 13.5 Å². The Morgan fingerprint density at radius 1 is 1.67 bits per heavy atom. The van der Waals surface area contributed by atoms with Crippen molar-refractivity contribution in [3.8, 4) is 0 Å². The van der Waals surface area contributed by atoms with Gasteiger partial charge in [-0.25, -0.2) is 18.1 Å². The van der Waals surface area contributed by atoms with Gasteiger partial charge in [-0.05, 0) is 13.8 Å². The first-order valence-corrected chi connectivity index (χ1v) is 6.80. The first-order valence-electron chi connectivity index (χ1n) is 4.13. The summed E-state index contributed by atoms with van der Waals surface area (Å²) in [7, 11) is -3.62. The lowest BCUT2D eigenvalue weighted by Crippen LogP contribution is -2.34. The van der Waals surface area contributed by atoms with Crippen LogP contribution < -0.4 is 4.72 Å². The molecule has 0 fully saturated rings. The number of halogens is 1. The van der Waals surface area contributed by atoms with Gasteiger partial charge in [-0.2, -0.15) is 0 Å². The molecule has 1 atom stereocenters. The minimum Gasteiger partial charge on any atom is -0.395 e. The highest BCUT2D eigenvalue weighted by Crippen LogP contribution is 2.26. The maximum atomic E-state index is 11.7. The number of aliphatic hydroxyl groups excluding tert-OH is 1. The molecule has 0 aliphatic rings. The number of hydrogen-bond acceptors (Lipinski definition) is 5. The summed E-state index contributed by atoms with van der Waals surface area (Å²) in [6.45, 7) is 2.88. The van der Waals surface area contributed by atoms with E-state index in [2.05, 4.69) is 9.71 Å². The second kappa shape index (κ2) is 4.75. The van der Waals surface area contributed by atoms with Crippen LogP contribution in [-0.4, -0.2) is 31.2 Å². The van der Waals surface area contributed by atoms with Gasteiger partial charge in [-0.3, -0.25) is 0 Å². The molecular weight excluding hydrogens is 260 g/mol. The smallest absolute Gasteiger partial charge is 0.252 e. The molecule has 0 saturated carbocycles. The van der Waals surface area contributed by atoms with Gasteiger partial charge in [-0.15, -0.1) is 0 Å². The molecule has 15 heavy (non-hydrogen) atoms. The van der Waals surface area contributed by atoms with Gasteiger partial charge in [0.05, 0.1) is 12.3 Å². The van der Waals surface area contributed by atoms with Crippen LogP contribution in [0.25, 0.3) is 0 Å². The molecule has 86 valence electrons. The number of aliphatic hydroxyl groups is 1. The fraction of sp³-hybridized carbons (Fsp3) is 0.571. The average molecular weight is 271 g/mol. The molecule has 8 heteroatoms. The third-order valence-electron chi connectivity index (χ3n) is 1.60. The molecule has 0 radical (unpaired) electrons. The van der Waals surface area contributed by atoms with Gasteiger partial charge in [0.1, 0.15) is 0 Å². The number of hydrogen-bond donors (Lipinski definition) is 2. The van der Waals surface area contributed by atoms with Crippen LogP contribution in [0.3, 0.4) is 0 Å². The lowest BCUT2D eigenvalue weighted by Gasteiger charge is -2.09. The lowest BCUT2D eigenvalue weighted by atomic mass is 10.4. The van der Waals surface area contributed by atoms with E-state index >= 15 is 0 Å². The van der Waals surface area contributed by atoms with Gasteiger partial charge in [0, 0.05) is 6.04 Å². The number of nitrogens with zero attached hydrogens (tertiary/aromatic N) is 1. The number of aryl methyl sites for hydroxylation is 1. The molecule has 0 bridgehead atoms. The van der Waals surface area contributed by atoms with Crippen molar-refractivity contribution in [1.29, 1.82) is 0 Å². The Hall–Kier alpha value is -0.210. The summed E-state index contributed by atoms with van der Waals surface area (Å²) in [5, 5.41) is 8.75. The Morgan fingerprint density at radius 2 is 2.27 bits per heavy atom. The Labute approximate surface area is 97.2 Å². The molecule has 1 aromatic heterocycles. The van der Waals surface area contributed by atoms with E-state index in [0.29, 0.717) is 5.69 Å². The Bertz CT molecular complexity index is 443. The fourth-order valence-electron chi connectivity index (χ4n) is 0.956. The maximum absolute atomic E-state index is 11.7. The molecule has 0 aliphatic heterocycles. The summed E-state index contributed by atoms with van der Waals surface area (Å²) in [6.07, 6.45) is 0. The van der Waals surface area contributed by atoms with Crippen molar-refractivity contribution in [2.45, 2.75) is 24.1 Å². The van der Waals surface area contributed by atoms with Crippen molar-refractivity contribution >= 4 is 33.0 Å². The van der Waals surface area contributed by atoms with E-state index in [9.17, 15) is 8.42 Å². The lowest BCUT2D eigenvalue weighted by molar-refractivity contribution is 0.265. The summed E-state index contributed by atoms with van der Waals surface area (Å²) < 4.78 is 26.0. The summed E-state index contributed by atoms with van der Waals surface area (Å²) in [4.78, 5) is 3.81. The van der Waals surface area contributed by atoms with Crippen molar-refractivity contribution in [3.05, 3.63) is 10.2 Å². The highest BCUT2D eigenvalue weighted by Gasteiger charge is 2.22. The van der Waals surface area contributed by atoms with Crippen LogP contribution in [0.2, 0.25) is 4.47 Å². The van der Waals surface area contributed by atoms with Gasteiger partial charge >= 0.3 is 0 Å². The van der Waals surface area contributed by atoms with E-state index < -0.39 is 16.1 Å². The van der Waals surface area contributed by atoms with Crippen LogP contribution >= 0.6 is 22.9 Å². The van der Waals surface area contributed by atoms with Gasteiger partial charge < -0.3 is 5.11 Å². The molecule has 1 heterocycles. The predicted molar refractivity (Wildman–Crippen MR) is 58.7 cm³/mol. The molecular formula is C7H11ClN2O3S2. The Balaban J connectivity index is 3.01. The molecule has 0 amide bonds. The van der Waals surface area contributed by atoms with Crippen molar-refractivity contribution in [2.24, 2.45) is 0 Å². The van der Waals surface area contributed by atoms with Crippen LogP contribution in [0, 0.1) is 6.92 Å². The first-order chi connectivity index (χ1) is 6.86. The van der Waals surface area contributed by atoms with Gasteiger partial charge in [-0.1, -0.05) is 22.9 Å². The quantitative estimate of drug-likeness (QED) is 0.847. The second-order valence-electron chi connectivity index (χ2n) is 3.04. The van der Waals surface area contributed by atoms with Crippen molar-refractivity contribution in [2.75, 3.05) is 6.61 Å².